The Hall–Kier alpha value is -1.28. The van der Waals surface area contributed by atoms with Crippen LogP contribution in [0, 0.1) is 13.8 Å². The quantitative estimate of drug-likeness (QED) is 0.613. The normalized spacial score (nSPS) is 10.9. The lowest BCUT2D eigenvalue weighted by Crippen LogP contribution is -1.94. The summed E-state index contributed by atoms with van der Waals surface area (Å²) in [7, 11) is 0. The maximum atomic E-state index is 6.01. The molecule has 0 bridgehead atoms. The molecule has 2 aromatic rings. The summed E-state index contributed by atoms with van der Waals surface area (Å²) in [4.78, 5) is 0. The molecular weight excluding hydrogens is 312 g/mol. The van der Waals surface area contributed by atoms with Gasteiger partial charge in [0.25, 0.3) is 0 Å². The van der Waals surface area contributed by atoms with Crippen LogP contribution in [-0.2, 0) is 5.33 Å². The lowest BCUT2D eigenvalue weighted by molar-refractivity contribution is 0.478. The van der Waals surface area contributed by atoms with Crippen molar-refractivity contribution in [2.45, 2.75) is 38.9 Å². The summed E-state index contributed by atoms with van der Waals surface area (Å²) in [5.74, 6) is 2.37. The molecule has 106 valence electrons. The van der Waals surface area contributed by atoms with E-state index in [4.69, 9.17) is 4.74 Å². The zero-order valence-electron chi connectivity index (χ0n) is 12.5. The fourth-order valence-electron chi connectivity index (χ4n) is 2.40. The number of ether oxygens (including phenoxy) is 1. The standard InChI is InChI=1S/C18H21BrO/c1-12(2)17-7-6-16(10-13(17)3)20-18-8-5-15(11-19)9-14(18)4/h5-10,12H,11H2,1-4H3. The minimum Gasteiger partial charge on any atom is -0.457 e. The molecule has 0 radical (unpaired) electrons. The predicted molar refractivity (Wildman–Crippen MR) is 89.2 cm³/mol. The van der Waals surface area contributed by atoms with Gasteiger partial charge in [-0.05, 0) is 60.2 Å². The molecule has 0 amide bonds. The third-order valence-electron chi connectivity index (χ3n) is 3.48. The topological polar surface area (TPSA) is 9.23 Å². The lowest BCUT2D eigenvalue weighted by Gasteiger charge is -2.13. The minimum atomic E-state index is 0.545. The van der Waals surface area contributed by atoms with Gasteiger partial charge >= 0.3 is 0 Å². The number of hydrogen-bond donors (Lipinski definition) is 0. The molecule has 0 saturated carbocycles. The number of alkyl halides is 1. The van der Waals surface area contributed by atoms with Crippen LogP contribution in [0.4, 0.5) is 0 Å². The van der Waals surface area contributed by atoms with Crippen LogP contribution in [0.1, 0.15) is 42.0 Å². The van der Waals surface area contributed by atoms with Gasteiger partial charge in [-0.2, -0.15) is 0 Å². The van der Waals surface area contributed by atoms with Crippen LogP contribution in [0.5, 0.6) is 11.5 Å². The number of halogens is 1. The molecule has 1 nitrogen and oxygen atoms in total. The van der Waals surface area contributed by atoms with Gasteiger partial charge in [0.2, 0.25) is 0 Å². The summed E-state index contributed by atoms with van der Waals surface area (Å²) in [5.41, 5.74) is 5.09. The highest BCUT2D eigenvalue weighted by Gasteiger charge is 2.07. The third-order valence-corrected chi connectivity index (χ3v) is 4.13. The van der Waals surface area contributed by atoms with Crippen molar-refractivity contribution in [2.24, 2.45) is 0 Å². The van der Waals surface area contributed by atoms with Crippen molar-refractivity contribution in [3.05, 3.63) is 58.7 Å². The molecule has 0 aromatic heterocycles. The first-order chi connectivity index (χ1) is 9.51. The second-order valence-electron chi connectivity index (χ2n) is 5.51. The van der Waals surface area contributed by atoms with E-state index in [0.29, 0.717) is 5.92 Å². The molecule has 0 aliphatic rings. The van der Waals surface area contributed by atoms with Crippen molar-refractivity contribution in [1.29, 1.82) is 0 Å². The summed E-state index contributed by atoms with van der Waals surface area (Å²) in [6.45, 7) is 8.65. The van der Waals surface area contributed by atoms with Crippen LogP contribution in [0.2, 0.25) is 0 Å². The molecule has 0 saturated heterocycles. The maximum absolute atomic E-state index is 6.01. The van der Waals surface area contributed by atoms with Crippen LogP contribution in [0.15, 0.2) is 36.4 Å². The van der Waals surface area contributed by atoms with E-state index < -0.39 is 0 Å². The molecule has 0 atom stereocenters. The van der Waals surface area contributed by atoms with Crippen molar-refractivity contribution >= 4 is 15.9 Å². The largest absolute Gasteiger partial charge is 0.457 e. The molecule has 2 aromatic carbocycles. The Labute approximate surface area is 130 Å². The van der Waals surface area contributed by atoms with E-state index in [1.165, 1.54) is 16.7 Å². The molecule has 20 heavy (non-hydrogen) atoms. The highest BCUT2D eigenvalue weighted by atomic mass is 79.9. The second kappa shape index (κ2) is 6.45. The van der Waals surface area contributed by atoms with E-state index >= 15 is 0 Å². The van der Waals surface area contributed by atoms with Crippen LogP contribution in [0.25, 0.3) is 0 Å². The first kappa shape index (κ1) is 15.1. The number of benzene rings is 2. The maximum Gasteiger partial charge on any atom is 0.130 e. The summed E-state index contributed by atoms with van der Waals surface area (Å²) in [6.07, 6.45) is 0. The zero-order valence-corrected chi connectivity index (χ0v) is 14.1. The number of rotatable bonds is 4. The number of hydrogen-bond acceptors (Lipinski definition) is 1. The Morgan fingerprint density at radius 3 is 2.30 bits per heavy atom. The van der Waals surface area contributed by atoms with Gasteiger partial charge in [0.05, 0.1) is 0 Å². The summed E-state index contributed by atoms with van der Waals surface area (Å²) >= 11 is 3.47. The van der Waals surface area contributed by atoms with E-state index in [1.807, 2.05) is 6.07 Å². The Kier molecular flexibility index (Phi) is 4.87. The average molecular weight is 333 g/mol. The molecule has 0 unspecified atom stereocenters. The van der Waals surface area contributed by atoms with Gasteiger partial charge in [-0.3, -0.25) is 0 Å². The summed E-state index contributed by atoms with van der Waals surface area (Å²) < 4.78 is 6.01. The van der Waals surface area contributed by atoms with Crippen LogP contribution in [0.3, 0.4) is 0 Å². The SMILES string of the molecule is Cc1cc(CBr)ccc1Oc1ccc(C(C)C)c(C)c1. The lowest BCUT2D eigenvalue weighted by atomic mass is 9.98. The van der Waals surface area contributed by atoms with Gasteiger partial charge in [0.1, 0.15) is 11.5 Å². The molecule has 0 aliphatic heterocycles. The first-order valence-electron chi connectivity index (χ1n) is 6.95. The molecule has 2 heteroatoms. The van der Waals surface area contributed by atoms with Crippen LogP contribution < -0.4 is 4.74 Å². The van der Waals surface area contributed by atoms with Crippen molar-refractivity contribution in [2.75, 3.05) is 0 Å². The fraction of sp³-hybridized carbons (Fsp3) is 0.333. The van der Waals surface area contributed by atoms with Crippen molar-refractivity contribution in [3.8, 4) is 11.5 Å². The predicted octanol–water partition coefficient (Wildman–Crippen LogP) is 6.11. The Morgan fingerprint density at radius 2 is 1.75 bits per heavy atom. The Bertz CT molecular complexity index is 602. The van der Waals surface area contributed by atoms with Gasteiger partial charge in [-0.25, -0.2) is 0 Å². The highest BCUT2D eigenvalue weighted by molar-refractivity contribution is 9.08. The van der Waals surface area contributed by atoms with E-state index in [9.17, 15) is 0 Å². The van der Waals surface area contributed by atoms with E-state index in [-0.39, 0.29) is 0 Å². The third kappa shape index (κ3) is 3.43. The van der Waals surface area contributed by atoms with E-state index in [0.717, 1.165) is 22.4 Å². The molecule has 0 aliphatic carbocycles. The molecule has 0 spiro atoms. The molecule has 0 heterocycles. The van der Waals surface area contributed by atoms with E-state index in [1.54, 1.807) is 0 Å². The summed E-state index contributed by atoms with van der Waals surface area (Å²) in [5, 5.41) is 0.871. The Morgan fingerprint density at radius 1 is 1.00 bits per heavy atom. The van der Waals surface area contributed by atoms with Gasteiger partial charge < -0.3 is 4.74 Å². The molecule has 0 fully saturated rings. The van der Waals surface area contributed by atoms with Crippen molar-refractivity contribution in [1.82, 2.24) is 0 Å². The molecule has 0 N–H and O–H groups in total. The van der Waals surface area contributed by atoms with Gasteiger partial charge in [0, 0.05) is 5.33 Å². The van der Waals surface area contributed by atoms with Crippen LogP contribution in [-0.4, -0.2) is 0 Å². The Balaban J connectivity index is 2.24. The van der Waals surface area contributed by atoms with Crippen molar-refractivity contribution < 1.29 is 4.74 Å². The monoisotopic (exact) mass is 332 g/mol. The van der Waals surface area contributed by atoms with Crippen molar-refractivity contribution in [3.63, 3.8) is 0 Å². The van der Waals surface area contributed by atoms with Crippen LogP contribution >= 0.6 is 15.9 Å². The summed E-state index contributed by atoms with van der Waals surface area (Å²) in [6, 6.07) is 12.6. The van der Waals surface area contributed by atoms with Gasteiger partial charge in [0.15, 0.2) is 0 Å². The van der Waals surface area contributed by atoms with E-state index in [2.05, 4.69) is 74.0 Å². The average Bonchev–Trinajstić information content (AvgIpc) is 2.40. The second-order valence-corrected chi connectivity index (χ2v) is 6.07. The first-order valence-corrected chi connectivity index (χ1v) is 8.07. The number of aryl methyl sites for hydroxylation is 2. The van der Waals surface area contributed by atoms with Gasteiger partial charge in [-0.15, -0.1) is 0 Å². The zero-order chi connectivity index (χ0) is 14.7. The smallest absolute Gasteiger partial charge is 0.130 e. The minimum absolute atomic E-state index is 0.545. The molecule has 2 rings (SSSR count). The fourth-order valence-corrected chi connectivity index (χ4v) is 2.74. The van der Waals surface area contributed by atoms with Gasteiger partial charge in [-0.1, -0.05) is 48.0 Å². The molecular formula is C18H21BrO. The highest BCUT2D eigenvalue weighted by Crippen LogP contribution is 2.29.